The molecule has 0 spiro atoms. The highest BCUT2D eigenvalue weighted by Gasteiger charge is 2.17. The maximum absolute atomic E-state index is 12.2. The molecule has 0 bridgehead atoms. The lowest BCUT2D eigenvalue weighted by Gasteiger charge is -2.21. The van der Waals surface area contributed by atoms with E-state index in [1.165, 1.54) is 32.1 Å². The van der Waals surface area contributed by atoms with Gasteiger partial charge in [0.25, 0.3) is 5.91 Å². The van der Waals surface area contributed by atoms with Crippen LogP contribution in [0.5, 0.6) is 11.5 Å². The standard InChI is InChI=1S/C19H25BrN2O3/c1-2-24-17-11-14(12-21)10-16(20)19(17)25-13-18(23)22-15-8-6-4-3-5-7-9-15/h10-11,15H,2-9,13H2,1H3,(H,22,23). The van der Waals surface area contributed by atoms with Crippen molar-refractivity contribution in [2.75, 3.05) is 13.2 Å². The number of nitrogens with zero attached hydrogens (tertiary/aromatic N) is 1. The Bertz CT molecular complexity index is 620. The molecule has 6 heteroatoms. The molecule has 1 saturated carbocycles. The summed E-state index contributed by atoms with van der Waals surface area (Å²) in [4.78, 5) is 12.2. The third kappa shape index (κ3) is 6.24. The van der Waals surface area contributed by atoms with E-state index in [1.807, 2.05) is 6.92 Å². The number of amides is 1. The Hall–Kier alpha value is -1.74. The fraction of sp³-hybridized carbons (Fsp3) is 0.579. The molecule has 0 radical (unpaired) electrons. The third-order valence-electron chi connectivity index (χ3n) is 4.26. The lowest BCUT2D eigenvalue weighted by atomic mass is 9.97. The molecule has 1 fully saturated rings. The molecule has 0 aromatic heterocycles. The minimum atomic E-state index is -0.121. The summed E-state index contributed by atoms with van der Waals surface area (Å²) in [5.74, 6) is 0.796. The predicted molar refractivity (Wildman–Crippen MR) is 99.8 cm³/mol. The molecule has 25 heavy (non-hydrogen) atoms. The molecular weight excluding hydrogens is 384 g/mol. The highest BCUT2D eigenvalue weighted by Crippen LogP contribution is 2.36. The molecule has 1 aromatic rings. The van der Waals surface area contributed by atoms with Gasteiger partial charge in [0.15, 0.2) is 18.1 Å². The zero-order valence-corrected chi connectivity index (χ0v) is 16.2. The SMILES string of the molecule is CCOc1cc(C#N)cc(Br)c1OCC(=O)NC1CCCCCCC1. The van der Waals surface area contributed by atoms with Gasteiger partial charge in [-0.2, -0.15) is 5.26 Å². The van der Waals surface area contributed by atoms with Gasteiger partial charge in [0.1, 0.15) is 0 Å². The topological polar surface area (TPSA) is 71.3 Å². The lowest BCUT2D eigenvalue weighted by molar-refractivity contribution is -0.124. The number of nitrogens with one attached hydrogen (secondary N) is 1. The first-order valence-corrected chi connectivity index (χ1v) is 9.72. The van der Waals surface area contributed by atoms with Gasteiger partial charge in [-0.25, -0.2) is 0 Å². The van der Waals surface area contributed by atoms with Crippen molar-refractivity contribution in [2.45, 2.75) is 57.9 Å². The van der Waals surface area contributed by atoms with Crippen LogP contribution in [0.4, 0.5) is 0 Å². The molecule has 1 N–H and O–H groups in total. The van der Waals surface area contributed by atoms with Gasteiger partial charge in [0, 0.05) is 12.1 Å². The molecule has 0 unspecified atom stereocenters. The molecule has 0 saturated heterocycles. The Kier molecular flexibility index (Phi) is 8.07. The van der Waals surface area contributed by atoms with Crippen LogP contribution in [0.2, 0.25) is 0 Å². The molecule has 136 valence electrons. The summed E-state index contributed by atoms with van der Waals surface area (Å²) in [6, 6.07) is 5.60. The van der Waals surface area contributed by atoms with E-state index in [0.717, 1.165) is 12.8 Å². The Morgan fingerprint density at radius 3 is 2.56 bits per heavy atom. The predicted octanol–water partition coefficient (Wildman–Crippen LogP) is 4.33. The van der Waals surface area contributed by atoms with Gasteiger partial charge in [-0.15, -0.1) is 0 Å². The Morgan fingerprint density at radius 1 is 1.24 bits per heavy atom. The van der Waals surface area contributed by atoms with Crippen molar-refractivity contribution in [1.29, 1.82) is 5.26 Å². The van der Waals surface area contributed by atoms with E-state index in [9.17, 15) is 4.79 Å². The van der Waals surface area contributed by atoms with Crippen molar-refractivity contribution in [3.05, 3.63) is 22.2 Å². The third-order valence-corrected chi connectivity index (χ3v) is 4.85. The van der Waals surface area contributed by atoms with E-state index in [1.54, 1.807) is 12.1 Å². The molecule has 1 aromatic carbocycles. The minimum Gasteiger partial charge on any atom is -0.490 e. The number of ether oxygens (including phenoxy) is 2. The number of hydrogen-bond acceptors (Lipinski definition) is 4. The van der Waals surface area contributed by atoms with Crippen LogP contribution in [0.25, 0.3) is 0 Å². The number of carbonyl (C=O) groups is 1. The van der Waals surface area contributed by atoms with E-state index in [0.29, 0.717) is 28.1 Å². The first kappa shape index (κ1) is 19.6. The second kappa shape index (κ2) is 10.3. The zero-order chi connectivity index (χ0) is 18.1. The van der Waals surface area contributed by atoms with Gasteiger partial charge >= 0.3 is 0 Å². The van der Waals surface area contributed by atoms with Crippen LogP contribution in [0, 0.1) is 11.3 Å². The lowest BCUT2D eigenvalue weighted by Crippen LogP contribution is -2.38. The van der Waals surface area contributed by atoms with Crippen molar-refractivity contribution in [2.24, 2.45) is 0 Å². The van der Waals surface area contributed by atoms with Gasteiger partial charge in [-0.3, -0.25) is 4.79 Å². The van der Waals surface area contributed by atoms with Crippen LogP contribution >= 0.6 is 15.9 Å². The summed E-state index contributed by atoms with van der Waals surface area (Å²) >= 11 is 3.39. The van der Waals surface area contributed by atoms with Gasteiger partial charge in [0.2, 0.25) is 0 Å². The maximum Gasteiger partial charge on any atom is 0.258 e. The molecule has 1 aliphatic carbocycles. The molecule has 0 heterocycles. The van der Waals surface area contributed by atoms with Crippen LogP contribution in [0.15, 0.2) is 16.6 Å². The quantitative estimate of drug-likeness (QED) is 0.759. The Morgan fingerprint density at radius 2 is 1.92 bits per heavy atom. The summed E-state index contributed by atoms with van der Waals surface area (Å²) in [6.45, 7) is 2.24. The van der Waals surface area contributed by atoms with Crippen LogP contribution in [-0.4, -0.2) is 25.2 Å². The summed E-state index contributed by atoms with van der Waals surface area (Å²) in [7, 11) is 0. The summed E-state index contributed by atoms with van der Waals surface area (Å²) in [6.07, 6.45) is 8.21. The number of hydrogen-bond donors (Lipinski definition) is 1. The summed E-state index contributed by atoms with van der Waals surface area (Å²) < 4.78 is 11.8. The zero-order valence-electron chi connectivity index (χ0n) is 14.6. The van der Waals surface area contributed by atoms with Crippen molar-refractivity contribution < 1.29 is 14.3 Å². The smallest absolute Gasteiger partial charge is 0.258 e. The first-order valence-electron chi connectivity index (χ1n) is 8.92. The average Bonchev–Trinajstić information content (AvgIpc) is 2.56. The van der Waals surface area contributed by atoms with Gasteiger partial charge in [-0.05, 0) is 41.8 Å². The molecule has 1 amide bonds. The molecule has 0 aliphatic heterocycles. The van der Waals surface area contributed by atoms with Crippen molar-refractivity contribution in [3.63, 3.8) is 0 Å². The van der Waals surface area contributed by atoms with Crippen LogP contribution in [0.3, 0.4) is 0 Å². The molecule has 1 aliphatic rings. The monoisotopic (exact) mass is 408 g/mol. The molecule has 2 rings (SSSR count). The number of halogens is 1. The van der Waals surface area contributed by atoms with Crippen LogP contribution in [-0.2, 0) is 4.79 Å². The van der Waals surface area contributed by atoms with E-state index < -0.39 is 0 Å². The second-order valence-electron chi connectivity index (χ2n) is 6.23. The fourth-order valence-corrected chi connectivity index (χ4v) is 3.60. The first-order chi connectivity index (χ1) is 12.1. The second-order valence-corrected chi connectivity index (χ2v) is 7.08. The van der Waals surface area contributed by atoms with Crippen molar-refractivity contribution in [3.8, 4) is 17.6 Å². The maximum atomic E-state index is 12.2. The van der Waals surface area contributed by atoms with E-state index in [4.69, 9.17) is 14.7 Å². The number of rotatable bonds is 6. The van der Waals surface area contributed by atoms with Crippen molar-refractivity contribution >= 4 is 21.8 Å². The Balaban J connectivity index is 1.95. The molecular formula is C19H25BrN2O3. The highest BCUT2D eigenvalue weighted by atomic mass is 79.9. The average molecular weight is 409 g/mol. The van der Waals surface area contributed by atoms with E-state index in [-0.39, 0.29) is 18.6 Å². The fourth-order valence-electron chi connectivity index (χ4n) is 3.04. The minimum absolute atomic E-state index is 0.0684. The summed E-state index contributed by atoms with van der Waals surface area (Å²) in [5, 5.41) is 12.1. The normalized spacial score (nSPS) is 15.6. The number of nitriles is 1. The van der Waals surface area contributed by atoms with Gasteiger partial charge in [0.05, 0.1) is 22.7 Å². The van der Waals surface area contributed by atoms with E-state index in [2.05, 4.69) is 27.3 Å². The van der Waals surface area contributed by atoms with Crippen LogP contribution in [0.1, 0.15) is 57.4 Å². The van der Waals surface area contributed by atoms with E-state index >= 15 is 0 Å². The Labute approximate surface area is 157 Å². The number of carbonyl (C=O) groups excluding carboxylic acids is 1. The highest BCUT2D eigenvalue weighted by molar-refractivity contribution is 9.10. The number of benzene rings is 1. The van der Waals surface area contributed by atoms with Crippen LogP contribution < -0.4 is 14.8 Å². The van der Waals surface area contributed by atoms with Gasteiger partial charge < -0.3 is 14.8 Å². The largest absolute Gasteiger partial charge is 0.490 e. The van der Waals surface area contributed by atoms with Gasteiger partial charge in [-0.1, -0.05) is 32.1 Å². The molecule has 5 nitrogen and oxygen atoms in total. The van der Waals surface area contributed by atoms with Crippen molar-refractivity contribution in [1.82, 2.24) is 5.32 Å². The molecule has 0 atom stereocenters. The summed E-state index contributed by atoms with van der Waals surface area (Å²) in [5.41, 5.74) is 0.474.